The Morgan fingerprint density at radius 2 is 2.00 bits per heavy atom. The highest BCUT2D eigenvalue weighted by Gasteiger charge is 2.35. The number of aromatic nitrogens is 3. The van der Waals surface area contributed by atoms with Crippen LogP contribution in [0.5, 0.6) is 0 Å². The molecule has 6 heterocycles. The zero-order valence-corrected chi connectivity index (χ0v) is 17.8. The van der Waals surface area contributed by atoms with Crippen LogP contribution in [0.15, 0.2) is 43.0 Å². The van der Waals surface area contributed by atoms with Gasteiger partial charge in [-0.25, -0.2) is 14.4 Å². The van der Waals surface area contributed by atoms with E-state index < -0.39 is 0 Å². The number of rotatable bonds is 4. The molecule has 0 radical (unpaired) electrons. The Hall–Kier alpha value is -3.00. The van der Waals surface area contributed by atoms with Gasteiger partial charge >= 0.3 is 0 Å². The maximum atomic E-state index is 13.7. The van der Waals surface area contributed by atoms with E-state index >= 15 is 0 Å². The predicted octanol–water partition coefficient (Wildman–Crippen LogP) is 4.73. The first kappa shape index (κ1) is 19.0. The molecule has 3 aliphatic heterocycles. The van der Waals surface area contributed by atoms with Gasteiger partial charge in [0, 0.05) is 35.8 Å². The summed E-state index contributed by atoms with van der Waals surface area (Å²) in [6, 6.07) is 5.79. The van der Waals surface area contributed by atoms with Crippen LogP contribution in [0, 0.1) is 19.7 Å². The molecule has 6 rings (SSSR count). The average molecular weight is 423 g/mol. The van der Waals surface area contributed by atoms with Crippen molar-refractivity contribution >= 4 is 28.0 Å². The second-order valence-corrected chi connectivity index (χ2v) is 8.95. The van der Waals surface area contributed by atoms with Crippen molar-refractivity contribution < 1.29 is 4.39 Å². The summed E-state index contributed by atoms with van der Waals surface area (Å²) < 4.78 is 13.7. The summed E-state index contributed by atoms with van der Waals surface area (Å²) in [5.41, 5.74) is 3.46. The Morgan fingerprint density at radius 1 is 1.20 bits per heavy atom. The SMILES string of the molecule is C=C(Nc1nc(C)c(C)s1)N1c2nc(-c3cncc(F)c3)ccc2N2CCC1CC2. The standard InChI is InChI=1S/C22H23FN6S/c1-13-14(2)30-22(25-13)26-15(3)29-18-6-8-28(9-7-18)20-5-4-19(27-21(20)29)16-10-17(23)12-24-11-16/h4-5,10-12,18H,3,6-9H2,1-2H3,(H,25,26). The summed E-state index contributed by atoms with van der Waals surface area (Å²) in [6.07, 6.45) is 4.91. The number of nitrogens with zero attached hydrogens (tertiary/aromatic N) is 5. The van der Waals surface area contributed by atoms with E-state index in [-0.39, 0.29) is 5.82 Å². The molecule has 0 saturated carbocycles. The van der Waals surface area contributed by atoms with E-state index in [1.807, 2.05) is 13.0 Å². The quantitative estimate of drug-likeness (QED) is 0.656. The normalized spacial score (nSPS) is 15.8. The molecular formula is C22H23FN6S. The Kier molecular flexibility index (Phi) is 4.66. The van der Waals surface area contributed by atoms with Gasteiger partial charge in [-0.3, -0.25) is 4.98 Å². The molecule has 30 heavy (non-hydrogen) atoms. The lowest BCUT2D eigenvalue weighted by Gasteiger charge is -2.34. The summed E-state index contributed by atoms with van der Waals surface area (Å²) >= 11 is 1.62. The Morgan fingerprint density at radius 3 is 2.70 bits per heavy atom. The van der Waals surface area contributed by atoms with E-state index in [2.05, 4.69) is 44.7 Å². The molecular weight excluding hydrogens is 399 g/mol. The minimum Gasteiger partial charge on any atom is -0.368 e. The maximum absolute atomic E-state index is 13.7. The van der Waals surface area contributed by atoms with Crippen LogP contribution in [0.2, 0.25) is 0 Å². The molecule has 6 nitrogen and oxygen atoms in total. The molecule has 3 aromatic rings. The van der Waals surface area contributed by atoms with Crippen molar-refractivity contribution in [2.75, 3.05) is 28.2 Å². The zero-order valence-electron chi connectivity index (χ0n) is 17.0. The molecule has 1 fully saturated rings. The fourth-order valence-corrected chi connectivity index (χ4v) is 5.01. The van der Waals surface area contributed by atoms with Gasteiger partial charge in [-0.15, -0.1) is 11.3 Å². The van der Waals surface area contributed by atoms with Crippen LogP contribution < -0.4 is 15.1 Å². The van der Waals surface area contributed by atoms with Crippen LogP contribution >= 0.6 is 11.3 Å². The zero-order chi connectivity index (χ0) is 20.8. The highest BCUT2D eigenvalue weighted by atomic mass is 32.1. The fraction of sp³-hybridized carbons (Fsp3) is 0.318. The molecule has 1 N–H and O–H groups in total. The molecule has 0 atom stereocenters. The monoisotopic (exact) mass is 422 g/mol. The first-order chi connectivity index (χ1) is 14.5. The molecule has 2 bridgehead atoms. The molecule has 1 saturated heterocycles. The maximum Gasteiger partial charge on any atom is 0.188 e. The molecule has 154 valence electrons. The van der Waals surface area contributed by atoms with Crippen molar-refractivity contribution in [3.8, 4) is 11.3 Å². The van der Waals surface area contributed by atoms with Crippen molar-refractivity contribution in [1.29, 1.82) is 0 Å². The number of hydrogen-bond acceptors (Lipinski definition) is 7. The summed E-state index contributed by atoms with van der Waals surface area (Å²) in [7, 11) is 0. The van der Waals surface area contributed by atoms with Gasteiger partial charge in [0.25, 0.3) is 0 Å². The van der Waals surface area contributed by atoms with E-state index in [1.54, 1.807) is 17.5 Å². The Bertz CT molecular complexity index is 1100. The van der Waals surface area contributed by atoms with E-state index in [4.69, 9.17) is 4.98 Å². The lowest BCUT2D eigenvalue weighted by molar-refractivity contribution is 0.500. The number of thiazole rings is 1. The molecule has 0 unspecified atom stereocenters. The van der Waals surface area contributed by atoms with E-state index in [0.717, 1.165) is 54.1 Å². The van der Waals surface area contributed by atoms with Gasteiger partial charge in [-0.2, -0.15) is 0 Å². The van der Waals surface area contributed by atoms with Gasteiger partial charge in [0.1, 0.15) is 11.6 Å². The van der Waals surface area contributed by atoms with Gasteiger partial charge < -0.3 is 15.1 Å². The molecule has 0 aliphatic carbocycles. The largest absolute Gasteiger partial charge is 0.368 e. The van der Waals surface area contributed by atoms with Crippen LogP contribution in [0.4, 0.5) is 21.0 Å². The summed E-state index contributed by atoms with van der Waals surface area (Å²) in [4.78, 5) is 19.3. The molecule has 0 aromatic carbocycles. The number of nitrogens with one attached hydrogen (secondary N) is 1. The van der Waals surface area contributed by atoms with Crippen molar-refractivity contribution in [3.63, 3.8) is 0 Å². The third kappa shape index (κ3) is 3.31. The first-order valence-corrected chi connectivity index (χ1v) is 10.9. The molecule has 8 heteroatoms. The minimum absolute atomic E-state index is 0.304. The van der Waals surface area contributed by atoms with Crippen LogP contribution in [-0.2, 0) is 0 Å². The van der Waals surface area contributed by atoms with E-state index in [1.165, 1.54) is 17.1 Å². The smallest absolute Gasteiger partial charge is 0.188 e. The summed E-state index contributed by atoms with van der Waals surface area (Å²) in [5.74, 6) is 1.24. The van der Waals surface area contributed by atoms with Crippen LogP contribution in [-0.4, -0.2) is 34.1 Å². The molecule has 3 aromatic heterocycles. The summed E-state index contributed by atoms with van der Waals surface area (Å²) in [6.45, 7) is 10.4. The van der Waals surface area contributed by atoms with Gasteiger partial charge in [-0.1, -0.05) is 6.58 Å². The predicted molar refractivity (Wildman–Crippen MR) is 119 cm³/mol. The van der Waals surface area contributed by atoms with Crippen molar-refractivity contribution in [3.05, 3.63) is 59.4 Å². The van der Waals surface area contributed by atoms with Gasteiger partial charge in [-0.05, 0) is 44.9 Å². The van der Waals surface area contributed by atoms with E-state index in [0.29, 0.717) is 17.3 Å². The Balaban J connectivity index is 1.56. The number of hydrogen-bond donors (Lipinski definition) is 1. The number of piperidine rings is 1. The van der Waals surface area contributed by atoms with Crippen molar-refractivity contribution in [1.82, 2.24) is 15.0 Å². The van der Waals surface area contributed by atoms with Crippen LogP contribution in [0.25, 0.3) is 11.3 Å². The fourth-order valence-electron chi connectivity index (χ4n) is 4.17. The second kappa shape index (κ2) is 7.36. The second-order valence-electron chi connectivity index (χ2n) is 7.75. The third-order valence-electron chi connectivity index (χ3n) is 5.82. The van der Waals surface area contributed by atoms with Crippen LogP contribution in [0.3, 0.4) is 0 Å². The van der Waals surface area contributed by atoms with Crippen molar-refractivity contribution in [2.45, 2.75) is 32.7 Å². The lowest BCUT2D eigenvalue weighted by atomic mass is 10.1. The van der Waals surface area contributed by atoms with E-state index in [9.17, 15) is 4.39 Å². The molecule has 0 amide bonds. The number of fused-ring (bicyclic) bond motifs is 2. The number of halogens is 1. The molecule has 0 spiro atoms. The van der Waals surface area contributed by atoms with Crippen LogP contribution in [0.1, 0.15) is 23.4 Å². The highest BCUT2D eigenvalue weighted by Crippen LogP contribution is 2.41. The number of pyridine rings is 2. The highest BCUT2D eigenvalue weighted by molar-refractivity contribution is 7.15. The lowest BCUT2D eigenvalue weighted by Crippen LogP contribution is -2.41. The Labute approximate surface area is 179 Å². The number of anilines is 3. The minimum atomic E-state index is -0.370. The topological polar surface area (TPSA) is 57.2 Å². The average Bonchev–Trinajstić information content (AvgIpc) is 2.90. The van der Waals surface area contributed by atoms with Gasteiger partial charge in [0.15, 0.2) is 10.9 Å². The number of aryl methyl sites for hydroxylation is 2. The third-order valence-corrected chi connectivity index (χ3v) is 6.81. The van der Waals surface area contributed by atoms with Crippen molar-refractivity contribution in [2.24, 2.45) is 0 Å². The molecule has 3 aliphatic rings. The summed E-state index contributed by atoms with van der Waals surface area (Å²) in [5, 5.41) is 4.24. The van der Waals surface area contributed by atoms with Gasteiger partial charge in [0.05, 0.1) is 23.3 Å². The first-order valence-electron chi connectivity index (χ1n) is 10.1. The van der Waals surface area contributed by atoms with Gasteiger partial charge in [0.2, 0.25) is 0 Å².